The van der Waals surface area contributed by atoms with Gasteiger partial charge < -0.3 is 14.2 Å². The summed E-state index contributed by atoms with van der Waals surface area (Å²) >= 11 is 0. The van der Waals surface area contributed by atoms with Crippen LogP contribution in [-0.4, -0.2) is 33.3 Å². The van der Waals surface area contributed by atoms with Gasteiger partial charge in [-0.3, -0.25) is 0 Å². The van der Waals surface area contributed by atoms with E-state index in [-0.39, 0.29) is 17.2 Å². The minimum absolute atomic E-state index is 0.184. The van der Waals surface area contributed by atoms with E-state index in [4.69, 9.17) is 14.2 Å². The topological polar surface area (TPSA) is 118 Å². The summed E-state index contributed by atoms with van der Waals surface area (Å²) in [6.45, 7) is 0. The third-order valence-electron chi connectivity index (χ3n) is 4.22. The zero-order chi connectivity index (χ0) is 23.0. The molecule has 0 N–H and O–H groups in total. The predicted octanol–water partition coefficient (Wildman–Crippen LogP) is 3.53. The average Bonchev–Trinajstić information content (AvgIpc) is 2.85. The Bertz CT molecular complexity index is 1210. The molecule has 162 valence electrons. The second-order valence-corrected chi connectivity index (χ2v) is 6.47. The molecule has 4 aromatic rings. The number of hydrogen-bond acceptors (Lipinski definition) is 9. The smallest absolute Gasteiger partial charge is 0.365 e. The number of carbonyl (C=O) groups excluding carboxylic acids is 3. The normalized spacial score (nSPS) is 10.2. The molecular weight excluding hydrogens is 426 g/mol. The van der Waals surface area contributed by atoms with E-state index in [2.05, 4.69) is 15.4 Å². The highest BCUT2D eigenvalue weighted by Crippen LogP contribution is 2.20. The van der Waals surface area contributed by atoms with Gasteiger partial charge in [-0.15, -0.1) is 10.2 Å². The molecule has 0 fully saturated rings. The van der Waals surface area contributed by atoms with Gasteiger partial charge in [0.1, 0.15) is 22.8 Å². The number of benzene rings is 3. The van der Waals surface area contributed by atoms with E-state index in [1.165, 1.54) is 12.1 Å². The zero-order valence-electron chi connectivity index (χ0n) is 17.0. The van der Waals surface area contributed by atoms with Crippen molar-refractivity contribution in [3.05, 3.63) is 108 Å². The first-order chi connectivity index (χ1) is 16.1. The lowest BCUT2D eigenvalue weighted by molar-refractivity contribution is 0.0663. The quantitative estimate of drug-likeness (QED) is 0.327. The highest BCUT2D eigenvalue weighted by molar-refractivity contribution is 6.09. The molecule has 1 aromatic heterocycles. The van der Waals surface area contributed by atoms with Crippen LogP contribution in [-0.2, 0) is 0 Å². The Balaban J connectivity index is 1.72. The van der Waals surface area contributed by atoms with Crippen molar-refractivity contribution < 1.29 is 28.6 Å². The monoisotopic (exact) mass is 441 g/mol. The Kier molecular flexibility index (Phi) is 6.41. The number of rotatable bonds is 6. The van der Waals surface area contributed by atoms with Gasteiger partial charge in [0.15, 0.2) is 11.4 Å². The summed E-state index contributed by atoms with van der Waals surface area (Å²) < 4.78 is 15.9. The summed E-state index contributed by atoms with van der Waals surface area (Å²) in [6, 6.07) is 24.4. The van der Waals surface area contributed by atoms with Crippen LogP contribution in [0.15, 0.2) is 91.0 Å². The first kappa shape index (κ1) is 21.3. The van der Waals surface area contributed by atoms with E-state index in [9.17, 15) is 14.4 Å². The van der Waals surface area contributed by atoms with Crippen molar-refractivity contribution in [1.29, 1.82) is 0 Å². The van der Waals surface area contributed by atoms with Crippen molar-refractivity contribution >= 4 is 17.9 Å². The van der Waals surface area contributed by atoms with Gasteiger partial charge in [0, 0.05) is 0 Å². The van der Waals surface area contributed by atoms with Gasteiger partial charge in [-0.2, -0.15) is 0 Å². The van der Waals surface area contributed by atoms with Crippen LogP contribution < -0.4 is 14.2 Å². The maximum atomic E-state index is 13.0. The van der Waals surface area contributed by atoms with E-state index >= 15 is 0 Å². The lowest BCUT2D eigenvalue weighted by atomic mass is 10.1. The molecule has 0 unspecified atom stereocenters. The van der Waals surface area contributed by atoms with Crippen molar-refractivity contribution in [3.8, 4) is 17.2 Å². The Morgan fingerprint density at radius 2 is 0.818 bits per heavy atom. The minimum Gasteiger partial charge on any atom is -0.423 e. The first-order valence-electron chi connectivity index (χ1n) is 9.67. The van der Waals surface area contributed by atoms with Crippen LogP contribution in [0.25, 0.3) is 0 Å². The van der Waals surface area contributed by atoms with E-state index in [1.54, 1.807) is 78.9 Å². The van der Waals surface area contributed by atoms with Crippen LogP contribution >= 0.6 is 0 Å². The van der Waals surface area contributed by atoms with E-state index in [0.29, 0.717) is 0 Å². The second kappa shape index (κ2) is 9.92. The van der Waals surface area contributed by atoms with E-state index < -0.39 is 34.9 Å². The third-order valence-corrected chi connectivity index (χ3v) is 4.22. The molecule has 0 saturated carbocycles. The highest BCUT2D eigenvalue weighted by atomic mass is 16.5. The SMILES string of the molecule is O=C(Oc1ccccc1)c1nnnc(C(=O)Oc2ccccc2)c1C(=O)Oc1ccccc1. The Morgan fingerprint density at radius 3 is 1.18 bits per heavy atom. The molecule has 33 heavy (non-hydrogen) atoms. The van der Waals surface area contributed by atoms with Crippen LogP contribution in [0.5, 0.6) is 17.2 Å². The molecule has 0 spiro atoms. The van der Waals surface area contributed by atoms with Crippen molar-refractivity contribution in [2.75, 3.05) is 0 Å². The lowest BCUT2D eigenvalue weighted by Gasteiger charge is -2.11. The van der Waals surface area contributed by atoms with Gasteiger partial charge in [0.05, 0.1) is 0 Å². The molecule has 4 rings (SSSR count). The minimum atomic E-state index is -1.05. The fourth-order valence-electron chi connectivity index (χ4n) is 2.74. The number of aromatic nitrogens is 3. The molecular formula is C24H15N3O6. The fourth-order valence-corrected chi connectivity index (χ4v) is 2.74. The fraction of sp³-hybridized carbons (Fsp3) is 0. The molecule has 0 atom stereocenters. The maximum absolute atomic E-state index is 13.0. The van der Waals surface area contributed by atoms with Crippen LogP contribution in [0.1, 0.15) is 31.3 Å². The molecule has 0 bridgehead atoms. The van der Waals surface area contributed by atoms with Crippen LogP contribution in [0.4, 0.5) is 0 Å². The zero-order valence-corrected chi connectivity index (χ0v) is 17.0. The summed E-state index contributed by atoms with van der Waals surface area (Å²) in [4.78, 5) is 38.6. The van der Waals surface area contributed by atoms with Crippen molar-refractivity contribution in [3.63, 3.8) is 0 Å². The van der Waals surface area contributed by atoms with Crippen LogP contribution in [0.3, 0.4) is 0 Å². The largest absolute Gasteiger partial charge is 0.423 e. The maximum Gasteiger partial charge on any atom is 0.365 e. The molecule has 3 aromatic carbocycles. The molecule has 0 saturated heterocycles. The van der Waals surface area contributed by atoms with Crippen molar-refractivity contribution in [2.24, 2.45) is 0 Å². The number of para-hydroxylation sites is 3. The number of hydrogen-bond donors (Lipinski definition) is 0. The average molecular weight is 441 g/mol. The van der Waals surface area contributed by atoms with Crippen molar-refractivity contribution in [1.82, 2.24) is 15.4 Å². The number of ether oxygens (including phenoxy) is 3. The number of esters is 3. The highest BCUT2D eigenvalue weighted by Gasteiger charge is 2.32. The molecule has 1 heterocycles. The van der Waals surface area contributed by atoms with Gasteiger partial charge >= 0.3 is 17.9 Å². The van der Waals surface area contributed by atoms with Crippen LogP contribution in [0, 0.1) is 0 Å². The van der Waals surface area contributed by atoms with Gasteiger partial charge in [-0.25, -0.2) is 14.4 Å². The first-order valence-corrected chi connectivity index (χ1v) is 9.67. The van der Waals surface area contributed by atoms with Gasteiger partial charge in [-0.05, 0) is 41.6 Å². The van der Waals surface area contributed by atoms with Gasteiger partial charge in [-0.1, -0.05) is 54.6 Å². The number of carbonyl (C=O) groups is 3. The molecule has 0 aliphatic carbocycles. The lowest BCUT2D eigenvalue weighted by Crippen LogP contribution is -2.26. The predicted molar refractivity (Wildman–Crippen MR) is 114 cm³/mol. The summed E-state index contributed by atoms with van der Waals surface area (Å²) in [6.07, 6.45) is 0. The Hall–Kier alpha value is -4.92. The summed E-state index contributed by atoms with van der Waals surface area (Å²) in [5, 5.41) is 10.7. The summed E-state index contributed by atoms with van der Waals surface area (Å²) in [5.74, 6) is -2.50. The molecule has 0 aliphatic rings. The molecule has 0 aliphatic heterocycles. The van der Waals surface area contributed by atoms with Crippen molar-refractivity contribution in [2.45, 2.75) is 0 Å². The Morgan fingerprint density at radius 1 is 0.485 bits per heavy atom. The number of nitrogens with zero attached hydrogens (tertiary/aromatic N) is 3. The molecule has 0 amide bonds. The third kappa shape index (κ3) is 5.23. The van der Waals surface area contributed by atoms with Crippen LogP contribution in [0.2, 0.25) is 0 Å². The van der Waals surface area contributed by atoms with E-state index in [1.807, 2.05) is 0 Å². The summed E-state index contributed by atoms with van der Waals surface area (Å²) in [5.41, 5.74) is -1.62. The second-order valence-electron chi connectivity index (χ2n) is 6.47. The molecule has 9 heteroatoms. The van der Waals surface area contributed by atoms with Gasteiger partial charge in [0.25, 0.3) is 0 Å². The molecule has 0 radical (unpaired) electrons. The molecule has 9 nitrogen and oxygen atoms in total. The Labute approximate surface area is 187 Å². The van der Waals surface area contributed by atoms with E-state index in [0.717, 1.165) is 0 Å². The van der Waals surface area contributed by atoms with Gasteiger partial charge in [0.2, 0.25) is 0 Å². The standard InChI is InChI=1S/C24H15N3O6/c28-22(31-16-10-4-1-5-11-16)19-20(23(29)32-17-12-6-2-7-13-17)25-27-26-21(19)24(30)33-18-14-8-3-9-15-18/h1-15H. The summed E-state index contributed by atoms with van der Waals surface area (Å²) in [7, 11) is 0.